The van der Waals surface area contributed by atoms with Crippen LogP contribution in [0.4, 0.5) is 0 Å². The molecule has 6 nitrogen and oxygen atoms in total. The zero-order valence-corrected chi connectivity index (χ0v) is 16.1. The van der Waals surface area contributed by atoms with Crippen molar-refractivity contribution in [3.63, 3.8) is 0 Å². The molecule has 3 heterocycles. The lowest BCUT2D eigenvalue weighted by Crippen LogP contribution is -2.40. The van der Waals surface area contributed by atoms with E-state index in [9.17, 15) is 4.79 Å². The van der Waals surface area contributed by atoms with E-state index in [2.05, 4.69) is 25.8 Å². The number of hydrogen-bond acceptors (Lipinski definition) is 7. The first kappa shape index (κ1) is 17.0. The van der Waals surface area contributed by atoms with Crippen molar-refractivity contribution in [2.45, 2.75) is 6.04 Å². The zero-order valence-electron chi connectivity index (χ0n) is 13.7. The van der Waals surface area contributed by atoms with Crippen LogP contribution in [0.1, 0.15) is 20.7 Å². The van der Waals surface area contributed by atoms with Crippen LogP contribution in [0.2, 0.25) is 0 Å². The summed E-state index contributed by atoms with van der Waals surface area (Å²) in [6.07, 6.45) is 0. The van der Waals surface area contributed by atoms with Gasteiger partial charge in [0.25, 0.3) is 0 Å². The molecule has 132 valence electrons. The van der Waals surface area contributed by atoms with E-state index < -0.39 is 5.97 Å². The molecule has 0 amide bonds. The lowest BCUT2D eigenvalue weighted by atomic mass is 10.1. The van der Waals surface area contributed by atoms with Gasteiger partial charge in [-0.15, -0.1) is 11.3 Å². The first-order chi connectivity index (χ1) is 12.2. The van der Waals surface area contributed by atoms with Crippen LogP contribution in [0.5, 0.6) is 5.75 Å². The topological polar surface area (TPSA) is 60.9 Å². The third-order valence-electron chi connectivity index (χ3n) is 4.40. The molecule has 0 radical (unpaired) electrons. The van der Waals surface area contributed by atoms with E-state index in [0.29, 0.717) is 24.8 Å². The summed E-state index contributed by atoms with van der Waals surface area (Å²) in [5.41, 5.74) is 1.70. The monoisotopic (exact) mass is 424 g/mol. The predicted octanol–water partition coefficient (Wildman–Crippen LogP) is 3.12. The average molecular weight is 425 g/mol. The van der Waals surface area contributed by atoms with Crippen molar-refractivity contribution in [3.05, 3.63) is 32.6 Å². The number of fused-ring (bicyclic) bond motifs is 3. The summed E-state index contributed by atoms with van der Waals surface area (Å²) in [6, 6.07) is 5.90. The Morgan fingerprint density at radius 3 is 2.96 bits per heavy atom. The number of nitrogens with zero attached hydrogens (tertiary/aromatic N) is 2. The van der Waals surface area contributed by atoms with Gasteiger partial charge in [-0.3, -0.25) is 4.90 Å². The minimum absolute atomic E-state index is 0.0426. The molecule has 1 fully saturated rings. The first-order valence-electron chi connectivity index (χ1n) is 8.01. The van der Waals surface area contributed by atoms with Gasteiger partial charge in [-0.05, 0) is 18.2 Å². The van der Waals surface area contributed by atoms with Crippen LogP contribution in [0, 0.1) is 0 Å². The molecule has 8 heteroatoms. The van der Waals surface area contributed by atoms with E-state index in [1.165, 1.54) is 18.4 Å². The highest BCUT2D eigenvalue weighted by atomic mass is 79.9. The van der Waals surface area contributed by atoms with E-state index in [0.717, 1.165) is 39.4 Å². The number of benzene rings is 1. The van der Waals surface area contributed by atoms with Crippen molar-refractivity contribution in [1.29, 1.82) is 0 Å². The Labute approximate surface area is 157 Å². The number of carbonyl (C=O) groups excluding carboxylic acids is 1. The third-order valence-corrected chi connectivity index (χ3v) is 6.03. The summed E-state index contributed by atoms with van der Waals surface area (Å²) < 4.78 is 17.4. The molecular formula is C17H17BrN2O4S. The van der Waals surface area contributed by atoms with Gasteiger partial charge in [0.05, 0.1) is 36.9 Å². The number of hydrogen-bond donors (Lipinski definition) is 0. The Morgan fingerprint density at radius 1 is 1.40 bits per heavy atom. The number of aromatic nitrogens is 1. The number of rotatable bonds is 2. The number of ether oxygens (including phenoxy) is 3. The van der Waals surface area contributed by atoms with Crippen molar-refractivity contribution in [2.75, 3.05) is 40.0 Å². The summed E-state index contributed by atoms with van der Waals surface area (Å²) in [6.45, 7) is 3.59. The maximum Gasteiger partial charge on any atom is 0.367 e. The Morgan fingerprint density at radius 2 is 2.20 bits per heavy atom. The van der Waals surface area contributed by atoms with E-state index in [-0.39, 0.29) is 6.04 Å². The second-order valence-electron chi connectivity index (χ2n) is 5.84. The molecule has 25 heavy (non-hydrogen) atoms. The zero-order chi connectivity index (χ0) is 17.4. The van der Waals surface area contributed by atoms with Crippen LogP contribution < -0.4 is 4.74 Å². The highest BCUT2D eigenvalue weighted by molar-refractivity contribution is 9.10. The molecule has 2 aliphatic rings. The Balaban J connectivity index is 1.83. The maximum absolute atomic E-state index is 12.0. The highest BCUT2D eigenvalue weighted by Gasteiger charge is 2.33. The molecule has 1 atom stereocenters. The van der Waals surface area contributed by atoms with E-state index >= 15 is 0 Å². The number of carbonyl (C=O) groups is 1. The van der Waals surface area contributed by atoms with Gasteiger partial charge >= 0.3 is 5.97 Å². The second-order valence-corrected chi connectivity index (χ2v) is 7.79. The third kappa shape index (κ3) is 3.19. The molecule has 0 bridgehead atoms. The molecule has 1 unspecified atom stereocenters. The molecule has 1 aromatic heterocycles. The van der Waals surface area contributed by atoms with E-state index in [1.54, 1.807) is 0 Å². The lowest BCUT2D eigenvalue weighted by molar-refractivity contribution is 0.00683. The predicted molar refractivity (Wildman–Crippen MR) is 97.2 cm³/mol. The van der Waals surface area contributed by atoms with Gasteiger partial charge in [0.2, 0.25) is 5.01 Å². The van der Waals surface area contributed by atoms with Crippen LogP contribution in [-0.2, 0) is 9.47 Å². The standard InChI is InChI=1S/C17H17BrN2O4S/c1-22-17(21)16-19-14-11-8-10(18)2-3-13(11)24-9-12(15(14)25-16)20-4-6-23-7-5-20/h2-3,8,12H,4-7,9H2,1H3. The van der Waals surface area contributed by atoms with Crippen LogP contribution in [0.25, 0.3) is 11.3 Å². The summed E-state index contributed by atoms with van der Waals surface area (Å²) in [4.78, 5) is 20.0. The molecule has 0 N–H and O–H groups in total. The SMILES string of the molecule is COC(=O)c1nc2c(s1)C(N1CCOCC1)COc1ccc(Br)cc1-2. The van der Waals surface area contributed by atoms with Gasteiger partial charge in [0.1, 0.15) is 12.4 Å². The molecule has 2 aromatic rings. The largest absolute Gasteiger partial charge is 0.491 e. The van der Waals surface area contributed by atoms with Gasteiger partial charge in [-0.25, -0.2) is 9.78 Å². The Hall–Kier alpha value is -1.48. The smallest absolute Gasteiger partial charge is 0.367 e. The first-order valence-corrected chi connectivity index (χ1v) is 9.62. The van der Waals surface area contributed by atoms with Crippen molar-refractivity contribution in [2.24, 2.45) is 0 Å². The second kappa shape index (κ2) is 7.03. The van der Waals surface area contributed by atoms with Crippen LogP contribution in [0.3, 0.4) is 0 Å². The lowest BCUT2D eigenvalue weighted by Gasteiger charge is -2.33. The summed E-state index contributed by atoms with van der Waals surface area (Å²) in [5, 5.41) is 0.374. The molecule has 2 aliphatic heterocycles. The molecule has 1 aromatic carbocycles. The van der Waals surface area contributed by atoms with Crippen LogP contribution in [-0.4, -0.2) is 55.9 Å². The highest BCUT2D eigenvalue weighted by Crippen LogP contribution is 2.44. The van der Waals surface area contributed by atoms with Gasteiger partial charge < -0.3 is 14.2 Å². The average Bonchev–Trinajstić information content (AvgIpc) is 3.02. The summed E-state index contributed by atoms with van der Waals surface area (Å²) in [7, 11) is 1.38. The minimum atomic E-state index is -0.406. The van der Waals surface area contributed by atoms with Gasteiger partial charge in [-0.2, -0.15) is 0 Å². The molecule has 4 rings (SSSR count). The number of thiazole rings is 1. The fourth-order valence-corrected chi connectivity index (χ4v) is 4.62. The number of esters is 1. The van der Waals surface area contributed by atoms with Crippen molar-refractivity contribution >= 4 is 33.2 Å². The number of methoxy groups -OCH3 is 1. The molecular weight excluding hydrogens is 408 g/mol. The normalized spacial score (nSPS) is 20.2. The van der Waals surface area contributed by atoms with E-state index in [4.69, 9.17) is 14.2 Å². The number of halogens is 1. The minimum Gasteiger partial charge on any atom is -0.491 e. The molecule has 1 saturated heterocycles. The van der Waals surface area contributed by atoms with Gasteiger partial charge in [-0.1, -0.05) is 15.9 Å². The summed E-state index contributed by atoms with van der Waals surface area (Å²) in [5.74, 6) is 0.373. The van der Waals surface area contributed by atoms with Crippen LogP contribution >= 0.6 is 27.3 Å². The summed E-state index contributed by atoms with van der Waals surface area (Å²) >= 11 is 4.90. The van der Waals surface area contributed by atoms with Gasteiger partial charge in [0, 0.05) is 23.1 Å². The maximum atomic E-state index is 12.0. The Kier molecular flexibility index (Phi) is 4.77. The molecule has 0 aliphatic carbocycles. The van der Waals surface area contributed by atoms with Crippen molar-refractivity contribution < 1.29 is 19.0 Å². The molecule has 0 saturated carbocycles. The molecule has 0 spiro atoms. The number of morpholine rings is 1. The van der Waals surface area contributed by atoms with Gasteiger partial charge in [0.15, 0.2) is 0 Å². The van der Waals surface area contributed by atoms with Crippen molar-refractivity contribution in [3.8, 4) is 17.0 Å². The van der Waals surface area contributed by atoms with E-state index in [1.807, 2.05) is 18.2 Å². The van der Waals surface area contributed by atoms with Crippen LogP contribution in [0.15, 0.2) is 22.7 Å². The Bertz CT molecular complexity index is 804. The fraction of sp³-hybridized carbons (Fsp3) is 0.412. The quantitative estimate of drug-likeness (QED) is 0.690. The van der Waals surface area contributed by atoms with Crippen molar-refractivity contribution in [1.82, 2.24) is 9.88 Å². The fourth-order valence-electron chi connectivity index (χ4n) is 3.14.